The normalized spacial score (nSPS) is 10.8. The zero-order chi connectivity index (χ0) is 16.8. The van der Waals surface area contributed by atoms with Gasteiger partial charge in [0.05, 0.1) is 12.2 Å². The van der Waals surface area contributed by atoms with Crippen LogP contribution in [0.5, 0.6) is 5.75 Å². The van der Waals surface area contributed by atoms with E-state index in [1.807, 2.05) is 51.1 Å². The molecule has 1 N–H and O–H groups in total. The molecule has 23 heavy (non-hydrogen) atoms. The zero-order valence-corrected chi connectivity index (χ0v) is 14.5. The minimum Gasteiger partial charge on any atom is -0.508 e. The maximum atomic E-state index is 12.4. The molecule has 3 nitrogen and oxygen atoms in total. The van der Waals surface area contributed by atoms with E-state index in [2.05, 4.69) is 0 Å². The van der Waals surface area contributed by atoms with Gasteiger partial charge in [0.15, 0.2) is 0 Å². The maximum absolute atomic E-state index is 12.4. The fourth-order valence-corrected chi connectivity index (χ4v) is 3.13. The van der Waals surface area contributed by atoms with Gasteiger partial charge in [-0.2, -0.15) is 0 Å². The molecule has 0 bridgehead atoms. The summed E-state index contributed by atoms with van der Waals surface area (Å²) in [4.78, 5) is 13.4. The van der Waals surface area contributed by atoms with Gasteiger partial charge >= 0.3 is 5.97 Å². The van der Waals surface area contributed by atoms with Crippen LogP contribution in [0.3, 0.4) is 0 Å². The Balaban J connectivity index is 2.15. The largest absolute Gasteiger partial charge is 0.508 e. The number of hydrogen-bond acceptors (Lipinski definition) is 4. The first kappa shape index (κ1) is 17.4. The summed E-state index contributed by atoms with van der Waals surface area (Å²) in [7, 11) is 0. The summed E-state index contributed by atoms with van der Waals surface area (Å²) >= 11 is 1.58. The first-order valence-corrected chi connectivity index (χ1v) is 8.63. The van der Waals surface area contributed by atoms with Crippen LogP contribution < -0.4 is 0 Å². The Morgan fingerprint density at radius 1 is 1.22 bits per heavy atom. The minimum atomic E-state index is -0.261. The monoisotopic (exact) mass is 330 g/mol. The van der Waals surface area contributed by atoms with Crippen molar-refractivity contribution in [2.45, 2.75) is 31.4 Å². The quantitative estimate of drug-likeness (QED) is 0.610. The van der Waals surface area contributed by atoms with Crippen molar-refractivity contribution in [2.24, 2.45) is 5.92 Å². The third-order valence-electron chi connectivity index (χ3n) is 3.32. The second-order valence-corrected chi connectivity index (χ2v) is 6.94. The topological polar surface area (TPSA) is 46.5 Å². The van der Waals surface area contributed by atoms with Crippen molar-refractivity contribution in [1.29, 1.82) is 0 Å². The SMILES string of the molecule is Cc1cccc(CSc2cccc(O)c2)c1C(=O)OCC(C)C. The highest BCUT2D eigenvalue weighted by Crippen LogP contribution is 2.28. The van der Waals surface area contributed by atoms with Crippen molar-refractivity contribution < 1.29 is 14.6 Å². The Bertz CT molecular complexity index is 680. The van der Waals surface area contributed by atoms with Crippen LogP contribution in [-0.2, 0) is 10.5 Å². The number of hydrogen-bond donors (Lipinski definition) is 1. The Hall–Kier alpha value is -1.94. The molecule has 0 aliphatic rings. The third-order valence-corrected chi connectivity index (χ3v) is 4.37. The number of carbonyl (C=O) groups excluding carboxylic acids is 1. The number of carbonyl (C=O) groups is 1. The fourth-order valence-electron chi connectivity index (χ4n) is 2.19. The number of thioether (sulfide) groups is 1. The molecule has 0 aliphatic heterocycles. The molecule has 0 atom stereocenters. The van der Waals surface area contributed by atoms with E-state index in [0.29, 0.717) is 23.8 Å². The third kappa shape index (κ3) is 5.03. The van der Waals surface area contributed by atoms with E-state index in [9.17, 15) is 9.90 Å². The number of phenolic OH excluding ortho intramolecular Hbond substituents is 1. The molecule has 4 heteroatoms. The van der Waals surface area contributed by atoms with E-state index in [0.717, 1.165) is 16.0 Å². The highest BCUT2D eigenvalue weighted by Gasteiger charge is 2.16. The van der Waals surface area contributed by atoms with Gasteiger partial charge in [-0.05, 0) is 42.2 Å². The van der Waals surface area contributed by atoms with Crippen LogP contribution in [0.15, 0.2) is 47.4 Å². The number of rotatable bonds is 6. The number of benzene rings is 2. The van der Waals surface area contributed by atoms with Crippen LogP contribution in [-0.4, -0.2) is 17.7 Å². The van der Waals surface area contributed by atoms with Crippen LogP contribution in [0, 0.1) is 12.8 Å². The van der Waals surface area contributed by atoms with E-state index in [4.69, 9.17) is 4.74 Å². The molecule has 0 amide bonds. The Labute approximate surface area is 141 Å². The van der Waals surface area contributed by atoms with Gasteiger partial charge in [-0.15, -0.1) is 11.8 Å². The first-order chi connectivity index (χ1) is 11.0. The van der Waals surface area contributed by atoms with Crippen LogP contribution >= 0.6 is 11.8 Å². The molecule has 0 aliphatic carbocycles. The lowest BCUT2D eigenvalue weighted by molar-refractivity contribution is 0.0457. The molecule has 2 aromatic rings. The summed E-state index contributed by atoms with van der Waals surface area (Å²) in [5.41, 5.74) is 2.53. The number of ether oxygens (including phenoxy) is 1. The lowest BCUT2D eigenvalue weighted by Gasteiger charge is -2.13. The molecule has 0 radical (unpaired) electrons. The highest BCUT2D eigenvalue weighted by molar-refractivity contribution is 7.98. The average molecular weight is 330 g/mol. The lowest BCUT2D eigenvalue weighted by atomic mass is 10.0. The summed E-state index contributed by atoms with van der Waals surface area (Å²) in [5.74, 6) is 0.948. The Morgan fingerprint density at radius 2 is 1.96 bits per heavy atom. The molecule has 0 saturated heterocycles. The van der Waals surface area contributed by atoms with Crippen molar-refractivity contribution in [3.05, 3.63) is 59.2 Å². The van der Waals surface area contributed by atoms with Crippen molar-refractivity contribution in [3.8, 4) is 5.75 Å². The van der Waals surface area contributed by atoms with Gasteiger partial charge in [0.25, 0.3) is 0 Å². The summed E-state index contributed by atoms with van der Waals surface area (Å²) in [6.07, 6.45) is 0. The van der Waals surface area contributed by atoms with Gasteiger partial charge < -0.3 is 9.84 Å². The summed E-state index contributed by atoms with van der Waals surface area (Å²) in [5, 5.41) is 9.53. The molecule has 0 heterocycles. The van der Waals surface area contributed by atoms with Crippen molar-refractivity contribution >= 4 is 17.7 Å². The van der Waals surface area contributed by atoms with Gasteiger partial charge in [0.2, 0.25) is 0 Å². The number of phenols is 1. The Kier molecular flexibility index (Phi) is 6.11. The van der Waals surface area contributed by atoms with Crippen molar-refractivity contribution in [1.82, 2.24) is 0 Å². The highest BCUT2D eigenvalue weighted by atomic mass is 32.2. The van der Waals surface area contributed by atoms with Gasteiger partial charge in [0.1, 0.15) is 5.75 Å². The molecular formula is C19H22O3S. The van der Waals surface area contributed by atoms with Crippen LogP contribution in [0.1, 0.15) is 35.3 Å². The molecule has 0 spiro atoms. The molecule has 122 valence electrons. The van der Waals surface area contributed by atoms with Crippen LogP contribution in [0.4, 0.5) is 0 Å². The van der Waals surface area contributed by atoms with E-state index in [1.54, 1.807) is 23.9 Å². The predicted octanol–water partition coefficient (Wildman–Crippen LogP) is 4.81. The van der Waals surface area contributed by atoms with Crippen LogP contribution in [0.2, 0.25) is 0 Å². The second-order valence-electron chi connectivity index (χ2n) is 5.89. The van der Waals surface area contributed by atoms with Crippen LogP contribution in [0.25, 0.3) is 0 Å². The van der Waals surface area contributed by atoms with Gasteiger partial charge in [-0.25, -0.2) is 4.79 Å². The molecule has 0 fully saturated rings. The number of aryl methyl sites for hydroxylation is 1. The molecule has 2 aromatic carbocycles. The molecule has 2 rings (SSSR count). The molecule has 0 aromatic heterocycles. The molecular weight excluding hydrogens is 308 g/mol. The number of aromatic hydroxyl groups is 1. The van der Waals surface area contributed by atoms with Crippen molar-refractivity contribution in [2.75, 3.05) is 6.61 Å². The van der Waals surface area contributed by atoms with Gasteiger partial charge in [0, 0.05) is 10.6 Å². The summed E-state index contributed by atoms with van der Waals surface area (Å²) in [6, 6.07) is 12.9. The van der Waals surface area contributed by atoms with E-state index in [-0.39, 0.29) is 11.7 Å². The fraction of sp³-hybridized carbons (Fsp3) is 0.316. The van der Waals surface area contributed by atoms with Gasteiger partial charge in [-0.1, -0.05) is 38.1 Å². The predicted molar refractivity (Wildman–Crippen MR) is 94.0 cm³/mol. The first-order valence-electron chi connectivity index (χ1n) is 7.65. The lowest BCUT2D eigenvalue weighted by Crippen LogP contribution is -2.13. The molecule has 0 saturated carbocycles. The second kappa shape index (κ2) is 8.06. The van der Waals surface area contributed by atoms with E-state index >= 15 is 0 Å². The van der Waals surface area contributed by atoms with Gasteiger partial charge in [-0.3, -0.25) is 0 Å². The standard InChI is InChI=1S/C19H22O3S/c1-13(2)11-22-19(21)18-14(3)6-4-7-15(18)12-23-17-9-5-8-16(20)10-17/h4-10,13,20H,11-12H2,1-3H3. The molecule has 0 unspecified atom stereocenters. The Morgan fingerprint density at radius 3 is 2.65 bits per heavy atom. The number of esters is 1. The zero-order valence-electron chi connectivity index (χ0n) is 13.7. The summed E-state index contributed by atoms with van der Waals surface area (Å²) in [6.45, 7) is 6.38. The summed E-state index contributed by atoms with van der Waals surface area (Å²) < 4.78 is 5.39. The van der Waals surface area contributed by atoms with E-state index in [1.165, 1.54) is 0 Å². The van der Waals surface area contributed by atoms with E-state index < -0.39 is 0 Å². The van der Waals surface area contributed by atoms with Crippen molar-refractivity contribution in [3.63, 3.8) is 0 Å². The smallest absolute Gasteiger partial charge is 0.338 e. The average Bonchev–Trinajstić information content (AvgIpc) is 2.50. The minimum absolute atomic E-state index is 0.246. The maximum Gasteiger partial charge on any atom is 0.338 e.